The fraction of sp³-hybridized carbons (Fsp3) is 0.350. The third-order valence-electron chi connectivity index (χ3n) is 4.21. The van der Waals surface area contributed by atoms with E-state index in [0.717, 1.165) is 27.7 Å². The van der Waals surface area contributed by atoms with Crippen LogP contribution in [-0.4, -0.2) is 20.7 Å². The van der Waals surface area contributed by atoms with E-state index in [1.54, 1.807) is 4.68 Å². The van der Waals surface area contributed by atoms with Crippen LogP contribution < -0.4 is 5.32 Å². The Labute approximate surface area is 148 Å². The number of benzene rings is 1. The van der Waals surface area contributed by atoms with E-state index in [4.69, 9.17) is 4.98 Å². The first kappa shape index (κ1) is 17.1. The first-order valence-electron chi connectivity index (χ1n) is 8.42. The Hall–Kier alpha value is -2.69. The molecule has 25 heavy (non-hydrogen) atoms. The topological polar surface area (TPSA) is 59.8 Å². The minimum absolute atomic E-state index is 0.0534. The van der Waals surface area contributed by atoms with Crippen molar-refractivity contribution in [2.45, 2.75) is 41.5 Å². The van der Waals surface area contributed by atoms with Crippen molar-refractivity contribution < 1.29 is 4.79 Å². The summed E-state index contributed by atoms with van der Waals surface area (Å²) in [5.74, 6) is 1.29. The van der Waals surface area contributed by atoms with Crippen LogP contribution in [0, 0.1) is 26.2 Å². The van der Waals surface area contributed by atoms with Crippen molar-refractivity contribution in [3.8, 4) is 5.82 Å². The Bertz CT molecular complexity index is 964. The van der Waals surface area contributed by atoms with Crippen molar-refractivity contribution in [3.63, 3.8) is 0 Å². The Morgan fingerprint density at radius 1 is 1.08 bits per heavy atom. The predicted molar refractivity (Wildman–Crippen MR) is 101 cm³/mol. The number of fused-ring (bicyclic) bond motifs is 1. The zero-order valence-corrected chi connectivity index (χ0v) is 15.6. The second kappa shape index (κ2) is 5.99. The average molecular weight is 336 g/mol. The number of rotatable bonds is 2. The molecule has 5 nitrogen and oxygen atoms in total. The van der Waals surface area contributed by atoms with Gasteiger partial charge in [-0.05, 0) is 38.0 Å². The molecule has 0 saturated carbocycles. The lowest BCUT2D eigenvalue weighted by molar-refractivity contribution is -0.123. The Kier molecular flexibility index (Phi) is 4.11. The summed E-state index contributed by atoms with van der Waals surface area (Å²) < 4.78 is 1.71. The quantitative estimate of drug-likeness (QED) is 0.758. The van der Waals surface area contributed by atoms with E-state index in [2.05, 4.69) is 36.4 Å². The lowest BCUT2D eigenvalue weighted by atomic mass is 9.96. The third-order valence-corrected chi connectivity index (χ3v) is 4.21. The number of nitrogens with zero attached hydrogens (tertiary/aromatic N) is 3. The number of nitrogens with one attached hydrogen (secondary N) is 1. The number of pyridine rings is 1. The minimum atomic E-state index is -0.480. The molecule has 2 aromatic heterocycles. The summed E-state index contributed by atoms with van der Waals surface area (Å²) >= 11 is 0. The summed E-state index contributed by atoms with van der Waals surface area (Å²) in [5.41, 5.74) is 3.55. The minimum Gasteiger partial charge on any atom is -0.310 e. The molecular weight excluding hydrogens is 312 g/mol. The molecule has 0 radical (unpaired) electrons. The number of carbonyl (C=O) groups is 1. The largest absolute Gasteiger partial charge is 0.310 e. The van der Waals surface area contributed by atoms with Gasteiger partial charge in [0.1, 0.15) is 5.82 Å². The van der Waals surface area contributed by atoms with Gasteiger partial charge in [0.15, 0.2) is 5.82 Å². The number of carbonyl (C=O) groups excluding carboxylic acids is 1. The van der Waals surface area contributed by atoms with Gasteiger partial charge in [-0.3, -0.25) is 4.79 Å². The highest BCUT2D eigenvalue weighted by molar-refractivity contribution is 5.94. The number of aromatic nitrogens is 3. The first-order chi connectivity index (χ1) is 11.7. The molecule has 0 fully saturated rings. The van der Waals surface area contributed by atoms with Gasteiger partial charge in [-0.25, -0.2) is 4.98 Å². The van der Waals surface area contributed by atoms with Gasteiger partial charge in [0.25, 0.3) is 0 Å². The predicted octanol–water partition coefficient (Wildman–Crippen LogP) is 4.33. The third kappa shape index (κ3) is 3.27. The number of hydrogen-bond acceptors (Lipinski definition) is 3. The van der Waals surface area contributed by atoms with Crippen LogP contribution in [-0.2, 0) is 4.79 Å². The second-order valence-electron chi connectivity index (χ2n) is 7.56. The number of amides is 1. The molecule has 5 heteroatoms. The zero-order valence-electron chi connectivity index (χ0n) is 15.6. The fourth-order valence-corrected chi connectivity index (χ4v) is 2.72. The SMILES string of the molecule is Cc1cc(NC(=O)C(C)(C)C)n(-c2cc(C)c3cccc(C)c3n2)n1. The van der Waals surface area contributed by atoms with Gasteiger partial charge in [0.05, 0.1) is 11.2 Å². The van der Waals surface area contributed by atoms with E-state index < -0.39 is 5.41 Å². The van der Waals surface area contributed by atoms with Gasteiger partial charge in [-0.2, -0.15) is 9.78 Å². The Morgan fingerprint density at radius 3 is 2.48 bits per heavy atom. The van der Waals surface area contributed by atoms with E-state index in [1.807, 2.05) is 45.9 Å². The monoisotopic (exact) mass is 336 g/mol. The van der Waals surface area contributed by atoms with Crippen LogP contribution >= 0.6 is 0 Å². The normalized spacial score (nSPS) is 11.8. The summed E-state index contributed by atoms with van der Waals surface area (Å²) in [6.07, 6.45) is 0. The van der Waals surface area contributed by atoms with Crippen LogP contribution in [0.25, 0.3) is 16.7 Å². The van der Waals surface area contributed by atoms with Crippen LogP contribution in [0.5, 0.6) is 0 Å². The van der Waals surface area contributed by atoms with Crippen molar-refractivity contribution in [2.24, 2.45) is 5.41 Å². The van der Waals surface area contributed by atoms with Gasteiger partial charge in [0, 0.05) is 16.9 Å². The highest BCUT2D eigenvalue weighted by Gasteiger charge is 2.23. The number of hydrogen-bond donors (Lipinski definition) is 1. The first-order valence-corrected chi connectivity index (χ1v) is 8.42. The van der Waals surface area contributed by atoms with Gasteiger partial charge >= 0.3 is 0 Å². The summed E-state index contributed by atoms with van der Waals surface area (Å²) in [4.78, 5) is 17.2. The van der Waals surface area contributed by atoms with Crippen LogP contribution in [0.4, 0.5) is 5.82 Å². The molecular formula is C20H24N4O. The average Bonchev–Trinajstić information content (AvgIpc) is 2.88. The molecule has 0 unspecified atom stereocenters. The van der Waals surface area contributed by atoms with Crippen LogP contribution in [0.3, 0.4) is 0 Å². The molecule has 0 saturated heterocycles. The Balaban J connectivity index is 2.13. The maximum absolute atomic E-state index is 12.4. The standard InChI is InChI=1S/C20H24N4O/c1-12-8-7-9-15-13(2)10-16(21-18(12)15)24-17(11-14(3)23-24)22-19(25)20(4,5)6/h7-11H,1-6H3,(H,22,25). The number of anilines is 1. The van der Waals surface area contributed by atoms with E-state index in [9.17, 15) is 4.79 Å². The maximum atomic E-state index is 12.4. The van der Waals surface area contributed by atoms with Gasteiger partial charge < -0.3 is 5.32 Å². The summed E-state index contributed by atoms with van der Waals surface area (Å²) in [5, 5.41) is 8.64. The second-order valence-corrected chi connectivity index (χ2v) is 7.56. The number of para-hydroxylation sites is 1. The van der Waals surface area contributed by atoms with Crippen LogP contribution in [0.1, 0.15) is 37.6 Å². The molecule has 1 aromatic carbocycles. The smallest absolute Gasteiger partial charge is 0.230 e. The summed E-state index contributed by atoms with van der Waals surface area (Å²) in [6, 6.07) is 10.0. The molecule has 0 spiro atoms. The lowest BCUT2D eigenvalue weighted by Crippen LogP contribution is -2.28. The lowest BCUT2D eigenvalue weighted by Gasteiger charge is -2.18. The molecule has 3 aromatic rings. The molecule has 0 bridgehead atoms. The highest BCUT2D eigenvalue weighted by atomic mass is 16.2. The molecule has 1 N–H and O–H groups in total. The van der Waals surface area contributed by atoms with Crippen molar-refractivity contribution in [1.82, 2.24) is 14.8 Å². The molecule has 0 aliphatic carbocycles. The van der Waals surface area contributed by atoms with Crippen molar-refractivity contribution in [2.75, 3.05) is 5.32 Å². The molecule has 0 aliphatic rings. The molecule has 1 amide bonds. The van der Waals surface area contributed by atoms with Crippen molar-refractivity contribution in [3.05, 3.63) is 47.2 Å². The van der Waals surface area contributed by atoms with Gasteiger partial charge in [-0.15, -0.1) is 0 Å². The summed E-state index contributed by atoms with van der Waals surface area (Å²) in [6.45, 7) is 11.7. The number of aryl methyl sites for hydroxylation is 3. The van der Waals surface area contributed by atoms with Crippen LogP contribution in [0.2, 0.25) is 0 Å². The molecule has 0 aliphatic heterocycles. The molecule has 2 heterocycles. The van der Waals surface area contributed by atoms with E-state index in [-0.39, 0.29) is 5.91 Å². The van der Waals surface area contributed by atoms with E-state index in [1.165, 1.54) is 0 Å². The molecule has 3 rings (SSSR count). The van der Waals surface area contributed by atoms with Crippen LogP contribution in [0.15, 0.2) is 30.3 Å². The van der Waals surface area contributed by atoms with Crippen molar-refractivity contribution in [1.29, 1.82) is 0 Å². The molecule has 130 valence electrons. The van der Waals surface area contributed by atoms with Crippen molar-refractivity contribution >= 4 is 22.6 Å². The van der Waals surface area contributed by atoms with E-state index >= 15 is 0 Å². The van der Waals surface area contributed by atoms with E-state index in [0.29, 0.717) is 11.6 Å². The zero-order chi connectivity index (χ0) is 18.4. The summed E-state index contributed by atoms with van der Waals surface area (Å²) in [7, 11) is 0. The Morgan fingerprint density at radius 2 is 1.80 bits per heavy atom. The van der Waals surface area contributed by atoms with Gasteiger partial charge in [-0.1, -0.05) is 39.0 Å². The fourth-order valence-electron chi connectivity index (χ4n) is 2.72. The maximum Gasteiger partial charge on any atom is 0.230 e. The molecule has 0 atom stereocenters. The van der Waals surface area contributed by atoms with Gasteiger partial charge in [0.2, 0.25) is 5.91 Å². The highest BCUT2D eigenvalue weighted by Crippen LogP contribution is 2.25.